The van der Waals surface area contributed by atoms with Crippen molar-refractivity contribution in [1.82, 2.24) is 24.6 Å². The molecule has 4 aromatic heterocycles. The molecule has 0 aliphatic rings. The Kier molecular flexibility index (Phi) is 4.39. The summed E-state index contributed by atoms with van der Waals surface area (Å²) in [5.74, 6) is 0.749. The number of anilines is 1. The highest BCUT2D eigenvalue weighted by atomic mass is 79.9. The summed E-state index contributed by atoms with van der Waals surface area (Å²) in [4.78, 5) is 13.4. The van der Waals surface area contributed by atoms with Gasteiger partial charge in [0.1, 0.15) is 5.52 Å². The molecule has 0 aliphatic carbocycles. The van der Waals surface area contributed by atoms with Crippen LogP contribution in [-0.4, -0.2) is 24.6 Å². The lowest BCUT2D eigenvalue weighted by Crippen LogP contribution is -2.17. The summed E-state index contributed by atoms with van der Waals surface area (Å²) in [5.41, 5.74) is 2.82. The minimum atomic E-state index is -0.0587. The van der Waals surface area contributed by atoms with Crippen LogP contribution in [-0.2, 0) is 6.42 Å². The third-order valence-corrected chi connectivity index (χ3v) is 4.46. The number of hydrogen-bond donors (Lipinski definition) is 1. The lowest BCUT2D eigenvalue weighted by atomic mass is 10.1. The van der Waals surface area contributed by atoms with Gasteiger partial charge in [0, 0.05) is 36.9 Å². The van der Waals surface area contributed by atoms with E-state index in [1.54, 1.807) is 29.3 Å². The number of halogens is 1. The third-order valence-electron chi connectivity index (χ3n) is 3.88. The molecule has 124 valence electrons. The number of fused-ring (bicyclic) bond motifs is 1. The van der Waals surface area contributed by atoms with Crippen LogP contribution in [0.1, 0.15) is 17.4 Å². The average Bonchev–Trinajstić information content (AvgIpc) is 3.05. The summed E-state index contributed by atoms with van der Waals surface area (Å²) in [6.07, 6.45) is 9.61. The second-order valence-corrected chi connectivity index (χ2v) is 6.39. The topological polar surface area (TPSA) is 68.0 Å². The molecule has 0 aliphatic heterocycles. The van der Waals surface area contributed by atoms with E-state index in [2.05, 4.69) is 41.3 Å². The summed E-state index contributed by atoms with van der Waals surface area (Å²) in [5, 5.41) is 7.81. The normalized spacial score (nSPS) is 12.2. The molecule has 0 saturated carbocycles. The Morgan fingerprint density at radius 3 is 2.60 bits per heavy atom. The van der Waals surface area contributed by atoms with Gasteiger partial charge in [-0.1, -0.05) is 12.1 Å². The SMILES string of the molecule is Brc1cnn2ccnc(NC(Cc3ccccn3)c3ccccn3)c12. The van der Waals surface area contributed by atoms with Crippen molar-refractivity contribution in [1.29, 1.82) is 0 Å². The molecule has 0 spiro atoms. The molecule has 0 fully saturated rings. The fourth-order valence-electron chi connectivity index (χ4n) is 2.72. The van der Waals surface area contributed by atoms with Crippen molar-refractivity contribution in [3.8, 4) is 0 Å². The summed E-state index contributed by atoms with van der Waals surface area (Å²) >= 11 is 3.54. The van der Waals surface area contributed by atoms with Crippen molar-refractivity contribution in [3.63, 3.8) is 0 Å². The van der Waals surface area contributed by atoms with Crippen molar-refractivity contribution in [3.05, 3.63) is 83.2 Å². The zero-order valence-corrected chi connectivity index (χ0v) is 14.8. The molecular weight excluding hydrogens is 380 g/mol. The fourth-order valence-corrected chi connectivity index (χ4v) is 3.18. The molecule has 0 aromatic carbocycles. The Bertz CT molecular complexity index is 971. The summed E-state index contributed by atoms with van der Waals surface area (Å²) in [7, 11) is 0. The molecule has 1 atom stereocenters. The van der Waals surface area contributed by atoms with Gasteiger partial charge in [-0.15, -0.1) is 0 Å². The first kappa shape index (κ1) is 15.7. The van der Waals surface area contributed by atoms with Crippen molar-refractivity contribution in [2.75, 3.05) is 5.32 Å². The Morgan fingerprint density at radius 1 is 1.00 bits per heavy atom. The lowest BCUT2D eigenvalue weighted by molar-refractivity contribution is 0.725. The molecule has 1 N–H and O–H groups in total. The van der Waals surface area contributed by atoms with Gasteiger partial charge in [-0.3, -0.25) is 9.97 Å². The smallest absolute Gasteiger partial charge is 0.153 e. The van der Waals surface area contributed by atoms with E-state index in [1.165, 1.54) is 0 Å². The number of aromatic nitrogens is 5. The number of pyridine rings is 2. The molecule has 4 rings (SSSR count). The number of hydrogen-bond acceptors (Lipinski definition) is 5. The van der Waals surface area contributed by atoms with Crippen molar-refractivity contribution >= 4 is 27.3 Å². The molecule has 25 heavy (non-hydrogen) atoms. The highest BCUT2D eigenvalue weighted by Crippen LogP contribution is 2.27. The van der Waals surface area contributed by atoms with Gasteiger partial charge in [-0.2, -0.15) is 5.10 Å². The number of nitrogens with zero attached hydrogens (tertiary/aromatic N) is 5. The largest absolute Gasteiger partial charge is 0.359 e. The first-order chi connectivity index (χ1) is 12.3. The van der Waals surface area contributed by atoms with Crippen molar-refractivity contribution in [2.24, 2.45) is 0 Å². The standard InChI is InChI=1S/C18H15BrN6/c19-14-12-23-25-10-9-22-18(17(14)25)24-16(15-6-2-4-8-21-15)11-13-5-1-3-7-20-13/h1-10,12,16H,11H2,(H,22,24). The van der Waals surface area contributed by atoms with Crippen LogP contribution in [0.3, 0.4) is 0 Å². The highest BCUT2D eigenvalue weighted by molar-refractivity contribution is 9.10. The van der Waals surface area contributed by atoms with Gasteiger partial charge in [-0.25, -0.2) is 9.50 Å². The Balaban J connectivity index is 1.72. The van der Waals surface area contributed by atoms with E-state index in [0.717, 1.165) is 27.2 Å². The first-order valence-corrected chi connectivity index (χ1v) is 8.66. The van der Waals surface area contributed by atoms with E-state index in [0.29, 0.717) is 6.42 Å². The predicted octanol–water partition coefficient (Wildman–Crippen LogP) is 3.68. The Labute approximate surface area is 153 Å². The van der Waals surface area contributed by atoms with Crippen LogP contribution >= 0.6 is 15.9 Å². The van der Waals surface area contributed by atoms with E-state index < -0.39 is 0 Å². The molecular formula is C18H15BrN6. The molecule has 0 saturated heterocycles. The van der Waals surface area contributed by atoms with Crippen LogP contribution in [0.15, 0.2) is 71.9 Å². The quantitative estimate of drug-likeness (QED) is 0.559. The van der Waals surface area contributed by atoms with Gasteiger partial charge < -0.3 is 5.32 Å². The Hall–Kier alpha value is -2.80. The van der Waals surface area contributed by atoms with Gasteiger partial charge in [-0.05, 0) is 40.2 Å². The zero-order valence-electron chi connectivity index (χ0n) is 13.2. The van der Waals surface area contributed by atoms with E-state index in [9.17, 15) is 0 Å². The maximum Gasteiger partial charge on any atom is 0.153 e. The molecule has 0 radical (unpaired) electrons. The lowest BCUT2D eigenvalue weighted by Gasteiger charge is -2.19. The van der Waals surface area contributed by atoms with Gasteiger partial charge in [0.25, 0.3) is 0 Å². The van der Waals surface area contributed by atoms with Crippen molar-refractivity contribution in [2.45, 2.75) is 12.5 Å². The predicted molar refractivity (Wildman–Crippen MR) is 99.2 cm³/mol. The van der Waals surface area contributed by atoms with Crippen LogP contribution in [0.4, 0.5) is 5.82 Å². The maximum atomic E-state index is 4.51. The molecule has 4 heterocycles. The second kappa shape index (κ2) is 6.98. The molecule has 0 bridgehead atoms. The van der Waals surface area contributed by atoms with E-state index >= 15 is 0 Å². The van der Waals surface area contributed by atoms with Gasteiger partial charge in [0.15, 0.2) is 5.82 Å². The number of rotatable bonds is 5. The fraction of sp³-hybridized carbons (Fsp3) is 0.111. The molecule has 4 aromatic rings. The minimum absolute atomic E-state index is 0.0587. The van der Waals surface area contributed by atoms with Crippen LogP contribution in [0.2, 0.25) is 0 Å². The minimum Gasteiger partial charge on any atom is -0.359 e. The summed E-state index contributed by atoms with van der Waals surface area (Å²) in [6.45, 7) is 0. The van der Waals surface area contributed by atoms with Crippen molar-refractivity contribution < 1.29 is 0 Å². The van der Waals surface area contributed by atoms with Gasteiger partial charge in [0.05, 0.1) is 22.4 Å². The molecule has 0 amide bonds. The van der Waals surface area contributed by atoms with E-state index in [-0.39, 0.29) is 6.04 Å². The van der Waals surface area contributed by atoms with Gasteiger partial charge in [0.2, 0.25) is 0 Å². The van der Waals surface area contributed by atoms with E-state index in [1.807, 2.05) is 42.6 Å². The number of nitrogens with one attached hydrogen (secondary N) is 1. The van der Waals surface area contributed by atoms with Gasteiger partial charge >= 0.3 is 0 Å². The van der Waals surface area contributed by atoms with Crippen LogP contribution in [0.5, 0.6) is 0 Å². The summed E-state index contributed by atoms with van der Waals surface area (Å²) in [6, 6.07) is 11.8. The van der Waals surface area contributed by atoms with Crippen LogP contribution in [0.25, 0.3) is 5.52 Å². The van der Waals surface area contributed by atoms with Crippen LogP contribution < -0.4 is 5.32 Å². The molecule has 1 unspecified atom stereocenters. The third kappa shape index (κ3) is 3.36. The average molecular weight is 395 g/mol. The monoisotopic (exact) mass is 394 g/mol. The van der Waals surface area contributed by atoms with Crippen LogP contribution in [0, 0.1) is 0 Å². The summed E-state index contributed by atoms with van der Waals surface area (Å²) < 4.78 is 2.68. The highest BCUT2D eigenvalue weighted by Gasteiger charge is 2.17. The van der Waals surface area contributed by atoms with E-state index in [4.69, 9.17) is 0 Å². The molecule has 7 heteroatoms. The second-order valence-electron chi connectivity index (χ2n) is 5.54. The Morgan fingerprint density at radius 2 is 1.84 bits per heavy atom. The zero-order chi connectivity index (χ0) is 17.1. The maximum absolute atomic E-state index is 4.51. The molecule has 6 nitrogen and oxygen atoms in total. The first-order valence-electron chi connectivity index (χ1n) is 7.86.